The molecule has 2 saturated heterocycles. The van der Waals surface area contributed by atoms with Crippen molar-refractivity contribution in [2.45, 2.75) is 14.9 Å². The van der Waals surface area contributed by atoms with E-state index >= 15 is 0 Å². The maximum atomic E-state index is 12.4. The third-order valence-electron chi connectivity index (χ3n) is 13.4. The molecule has 0 radical (unpaired) electrons. The van der Waals surface area contributed by atoms with Crippen molar-refractivity contribution in [2.24, 2.45) is 0 Å². The van der Waals surface area contributed by atoms with Gasteiger partial charge in [0.2, 0.25) is 11.1 Å². The average molecular weight is 1050 g/mol. The second kappa shape index (κ2) is 25.1. The van der Waals surface area contributed by atoms with Crippen LogP contribution in [0.2, 0.25) is 0 Å². The summed E-state index contributed by atoms with van der Waals surface area (Å²) in [5.41, 5.74) is 14.4. The van der Waals surface area contributed by atoms with E-state index in [2.05, 4.69) is 118 Å². The summed E-state index contributed by atoms with van der Waals surface area (Å²) in [7, 11) is 7.44. The van der Waals surface area contributed by atoms with Gasteiger partial charge in [-0.1, -0.05) is 39.1 Å². The molecule has 0 spiro atoms. The number of H-pyrrole nitrogens is 2. The Kier molecular flexibility index (Phi) is 18.0. The van der Waals surface area contributed by atoms with Gasteiger partial charge in [-0.3, -0.25) is 29.5 Å². The number of fused-ring (bicyclic) bond motifs is 6. The number of pyridine rings is 6. The van der Waals surface area contributed by atoms with Gasteiger partial charge in [-0.2, -0.15) is 0 Å². The number of carbonyl (C=O) groups excluding carboxylic acids is 2. The molecule has 16 nitrogen and oxygen atoms in total. The van der Waals surface area contributed by atoms with Crippen molar-refractivity contribution < 1.29 is 9.59 Å². The van der Waals surface area contributed by atoms with Gasteiger partial charge in [0.25, 0.3) is 0 Å². The lowest BCUT2D eigenvalue weighted by Crippen LogP contribution is -2.50. The molecule has 1 amide bonds. The van der Waals surface area contributed by atoms with Gasteiger partial charge >= 0.3 is 0 Å². The highest BCUT2D eigenvalue weighted by Crippen LogP contribution is 2.33. The smallest absolute Gasteiger partial charge is 0.236 e. The van der Waals surface area contributed by atoms with Crippen LogP contribution >= 0.6 is 11.6 Å². The molecule has 2 aromatic carbocycles. The zero-order valence-corrected chi connectivity index (χ0v) is 43.3. The minimum atomic E-state index is -0.315. The van der Waals surface area contributed by atoms with Crippen LogP contribution in [0.3, 0.4) is 0 Å². The third kappa shape index (κ3) is 13.1. The number of aromatic amines is 2. The van der Waals surface area contributed by atoms with E-state index in [4.69, 9.17) is 21.6 Å². The number of piperazine rings is 2. The van der Waals surface area contributed by atoms with Crippen LogP contribution in [0.1, 0.15) is 14.9 Å². The predicted octanol–water partition coefficient (Wildman–Crippen LogP) is 9.89. The monoisotopic (exact) mass is 1050 g/mol. The van der Waals surface area contributed by atoms with Gasteiger partial charge in [-0.15, -0.1) is 0 Å². The molecule has 0 unspecified atom stereocenters. The van der Waals surface area contributed by atoms with E-state index in [0.717, 1.165) is 135 Å². The summed E-state index contributed by atoms with van der Waals surface area (Å²) in [4.78, 5) is 66.5. The molecule has 2 fully saturated rings. The van der Waals surface area contributed by atoms with E-state index in [1.165, 1.54) is 16.9 Å². The number of likely N-dealkylation sites (N-methyl/N-ethyl adjacent to an activating group) is 2. The number of rotatable bonds is 10. The van der Waals surface area contributed by atoms with E-state index in [1.54, 1.807) is 31.4 Å². The minimum absolute atomic E-state index is 0. The molecular weight excluding hydrogens is 984 g/mol. The number of carbonyl (C=O) groups is 2. The van der Waals surface area contributed by atoms with Crippen molar-refractivity contribution in [1.29, 1.82) is 0 Å². The first-order chi connectivity index (χ1) is 36.5. The first-order valence-electron chi connectivity index (χ1n) is 25.1. The molecule has 2 aliphatic rings. The summed E-state index contributed by atoms with van der Waals surface area (Å²) >= 11 is 4.99. The van der Waals surface area contributed by atoms with E-state index in [9.17, 15) is 9.59 Å². The third-order valence-corrected chi connectivity index (χ3v) is 13.5. The average Bonchev–Trinajstić information content (AvgIpc) is 4.01. The van der Waals surface area contributed by atoms with Gasteiger partial charge in [0.1, 0.15) is 11.3 Å². The molecule has 77 heavy (non-hydrogen) atoms. The lowest BCUT2D eigenvalue weighted by Gasteiger charge is -2.36. The van der Waals surface area contributed by atoms with Crippen LogP contribution in [-0.4, -0.2) is 159 Å². The van der Waals surface area contributed by atoms with Crippen molar-refractivity contribution in [3.63, 3.8) is 0 Å². The van der Waals surface area contributed by atoms with E-state index in [0.29, 0.717) is 13.1 Å². The van der Waals surface area contributed by atoms with Gasteiger partial charge in [0.15, 0.2) is 0 Å². The molecule has 10 aromatic rings. The van der Waals surface area contributed by atoms with Crippen molar-refractivity contribution in [1.82, 2.24) is 59.9 Å². The fourth-order valence-corrected chi connectivity index (χ4v) is 9.73. The number of halogens is 1. The Hall–Kier alpha value is -8.15. The molecule has 12 rings (SSSR count). The normalized spacial score (nSPS) is 13.5. The topological polar surface area (TPSA) is 171 Å². The van der Waals surface area contributed by atoms with Crippen molar-refractivity contribution >= 4 is 78.0 Å². The van der Waals surface area contributed by atoms with Crippen molar-refractivity contribution in [2.75, 3.05) is 103 Å². The lowest BCUT2D eigenvalue weighted by molar-refractivity contribution is -0.132. The van der Waals surface area contributed by atoms with Crippen LogP contribution < -0.4 is 15.1 Å². The Morgan fingerprint density at radius 2 is 0.961 bits per heavy atom. The largest absolute Gasteiger partial charge is 0.369 e. The number of anilines is 2. The van der Waals surface area contributed by atoms with Gasteiger partial charge < -0.3 is 39.8 Å². The Morgan fingerprint density at radius 3 is 1.36 bits per heavy atom. The molecule has 17 heteroatoms. The van der Waals surface area contributed by atoms with Gasteiger partial charge in [0, 0.05) is 145 Å². The Balaban J connectivity index is 0.000000179. The number of aromatic nitrogens is 8. The van der Waals surface area contributed by atoms with Crippen LogP contribution in [-0.2, 0) is 9.59 Å². The molecule has 0 saturated carbocycles. The summed E-state index contributed by atoms with van der Waals surface area (Å²) in [6, 6.07) is 34.0. The maximum Gasteiger partial charge on any atom is 0.236 e. The lowest BCUT2D eigenvalue weighted by atomic mass is 10.0. The minimum Gasteiger partial charge on any atom is -0.369 e. The second-order valence-corrected chi connectivity index (χ2v) is 19.7. The zero-order valence-electron chi connectivity index (χ0n) is 42.5. The number of amides is 1. The summed E-state index contributed by atoms with van der Waals surface area (Å²) < 4.78 is 0. The van der Waals surface area contributed by atoms with Gasteiger partial charge in [-0.25, -0.2) is 9.97 Å². The molecule has 396 valence electrons. The second-order valence-electron chi connectivity index (χ2n) is 19.2. The fourth-order valence-electron chi connectivity index (χ4n) is 9.50. The maximum absolute atomic E-state index is 12.4. The Labute approximate surface area is 455 Å². The van der Waals surface area contributed by atoms with E-state index in [-0.39, 0.29) is 26.0 Å². The summed E-state index contributed by atoms with van der Waals surface area (Å²) in [6.07, 6.45) is 14.8. The molecular formula is C60H67ClN14O2. The Bertz CT molecular complexity index is 3560. The number of hydrogen-bond acceptors (Lipinski definition) is 13. The highest BCUT2D eigenvalue weighted by atomic mass is 35.5. The first kappa shape index (κ1) is 55.1. The number of hydrogen-bond donors (Lipinski definition) is 3. The summed E-state index contributed by atoms with van der Waals surface area (Å²) in [5.74, 6) is 0.198. The number of nitrogens with zero attached hydrogens (tertiary/aromatic N) is 11. The van der Waals surface area contributed by atoms with Crippen LogP contribution in [0.4, 0.5) is 11.4 Å². The quantitative estimate of drug-likeness (QED) is 0.111. The molecule has 0 bridgehead atoms. The highest BCUT2D eigenvalue weighted by molar-refractivity contribution is 6.64. The van der Waals surface area contributed by atoms with Crippen LogP contribution in [0, 0.1) is 0 Å². The van der Waals surface area contributed by atoms with Gasteiger partial charge in [0.05, 0.1) is 47.9 Å². The molecule has 0 atom stereocenters. The van der Waals surface area contributed by atoms with Crippen molar-refractivity contribution in [3.05, 3.63) is 147 Å². The summed E-state index contributed by atoms with van der Waals surface area (Å²) in [6.45, 7) is 8.16. The molecule has 3 N–H and O–H groups in total. The van der Waals surface area contributed by atoms with Gasteiger partial charge in [-0.05, 0) is 124 Å². The van der Waals surface area contributed by atoms with E-state index in [1.807, 2.05) is 85.3 Å². The van der Waals surface area contributed by atoms with Crippen LogP contribution in [0.5, 0.6) is 0 Å². The van der Waals surface area contributed by atoms with Crippen molar-refractivity contribution in [3.8, 4) is 44.8 Å². The summed E-state index contributed by atoms with van der Waals surface area (Å²) in [5, 5.41) is 7.48. The first-order valence-corrected chi connectivity index (χ1v) is 25.4. The molecule has 0 aliphatic carbocycles. The number of nitrogens with one attached hydrogen (secondary N) is 3. The molecule has 2 aliphatic heterocycles. The predicted molar refractivity (Wildman–Crippen MR) is 315 cm³/mol. The number of benzene rings is 2. The SMILES string of the molecule is C.C.CN(C)CC(=O)Cl.CN(C)CC(=O)N1CCN(c2ccc(-c3cnc4[nH]c5cnc(-c6cccnc6)cc5c4c3)cc2)CC1.c1cncc(-c2cc3c(cn2)[nH]c2ncc(-c4ccc(N5CCNCC5)cc4)cc23)c1. The highest BCUT2D eigenvalue weighted by Gasteiger charge is 2.22. The van der Waals surface area contributed by atoms with E-state index < -0.39 is 0 Å². The standard InChI is InChI=1S/C29H29N7O.C25H22N6.C4H8ClNO.2CH4/c1-34(2)19-28(37)36-12-10-35(11-13-36)23-7-5-20(6-8-23)22-14-25-24-15-26(21-4-3-9-30-16-21)31-18-27(24)33-29(25)32-17-22;1-2-18(14-27-7-1)23-13-21-22-12-19(15-29-25(22)30-24(21)16-28-23)17-3-5-20(6-4-17)31-10-8-26-9-11-31;1-6(2)3-4(5)7;;/h3-9,14-18H,10-13,19H2,1-2H3,(H,32,33);1-7,12-16,26H,8-11H2,(H,29,30);3H2,1-2H3;2*1H4. The van der Waals surface area contributed by atoms with Crippen LogP contribution in [0.25, 0.3) is 88.6 Å². The zero-order chi connectivity index (χ0) is 51.8. The van der Waals surface area contributed by atoms with Crippen LogP contribution in [0.15, 0.2) is 147 Å². The fraction of sp³-hybridized carbons (Fsp3) is 0.267. The Morgan fingerprint density at radius 1 is 0.506 bits per heavy atom. The molecule has 10 heterocycles. The molecule has 8 aromatic heterocycles.